The van der Waals surface area contributed by atoms with Crippen LogP contribution in [0.15, 0.2) is 79.0 Å². The van der Waals surface area contributed by atoms with Gasteiger partial charge in [0.05, 0.1) is 18.3 Å². The lowest BCUT2D eigenvalue weighted by molar-refractivity contribution is 0.224. The molecule has 26 heavy (non-hydrogen) atoms. The predicted octanol–water partition coefficient (Wildman–Crippen LogP) is 3.47. The van der Waals surface area contributed by atoms with Crippen LogP contribution in [-0.2, 0) is 6.42 Å². The van der Waals surface area contributed by atoms with E-state index in [-0.39, 0.29) is 18.7 Å². The number of nitrogens with one attached hydrogen (secondary N) is 2. The van der Waals surface area contributed by atoms with E-state index in [0.717, 1.165) is 16.8 Å². The van der Waals surface area contributed by atoms with Crippen molar-refractivity contribution >= 4 is 11.7 Å². The zero-order chi connectivity index (χ0) is 18.2. The first-order chi connectivity index (χ1) is 12.7. The number of aromatic nitrogens is 1. The van der Waals surface area contributed by atoms with E-state index < -0.39 is 0 Å². The Morgan fingerprint density at radius 3 is 2.38 bits per heavy atom. The third-order valence-corrected chi connectivity index (χ3v) is 3.97. The molecule has 3 rings (SSSR count). The van der Waals surface area contributed by atoms with E-state index in [1.165, 1.54) is 0 Å². The highest BCUT2D eigenvalue weighted by molar-refractivity contribution is 5.90. The van der Waals surface area contributed by atoms with Crippen LogP contribution < -0.4 is 10.6 Å². The summed E-state index contributed by atoms with van der Waals surface area (Å²) in [5.74, 6) is 0. The first kappa shape index (κ1) is 17.6. The van der Waals surface area contributed by atoms with Gasteiger partial charge in [-0.15, -0.1) is 0 Å². The van der Waals surface area contributed by atoms with Gasteiger partial charge in [-0.1, -0.05) is 60.7 Å². The molecule has 1 heterocycles. The first-order valence-electron chi connectivity index (χ1n) is 8.48. The van der Waals surface area contributed by atoms with E-state index >= 15 is 0 Å². The number of hydrogen-bond acceptors (Lipinski definition) is 3. The molecule has 0 radical (unpaired) electrons. The lowest BCUT2D eigenvalue weighted by Gasteiger charge is -2.17. The molecule has 5 nitrogen and oxygen atoms in total. The molecule has 0 aliphatic carbocycles. The maximum atomic E-state index is 12.3. The highest BCUT2D eigenvalue weighted by Gasteiger charge is 2.12. The lowest BCUT2D eigenvalue weighted by Crippen LogP contribution is -2.41. The van der Waals surface area contributed by atoms with Crippen LogP contribution in [0, 0.1) is 0 Å². The van der Waals surface area contributed by atoms with Crippen molar-refractivity contribution < 1.29 is 9.90 Å². The number of rotatable bonds is 6. The molecule has 0 spiro atoms. The molecule has 0 aliphatic rings. The maximum Gasteiger partial charge on any atom is 0.319 e. The van der Waals surface area contributed by atoms with E-state index in [2.05, 4.69) is 15.6 Å². The monoisotopic (exact) mass is 347 g/mol. The van der Waals surface area contributed by atoms with Gasteiger partial charge in [0.25, 0.3) is 0 Å². The lowest BCUT2D eigenvalue weighted by atomic mass is 10.1. The number of carbonyl (C=O) groups is 1. The molecule has 1 aromatic heterocycles. The molecule has 3 aromatic rings. The zero-order valence-corrected chi connectivity index (χ0v) is 14.3. The second-order valence-corrected chi connectivity index (χ2v) is 5.96. The Balaban J connectivity index is 1.62. The average molecular weight is 347 g/mol. The third kappa shape index (κ3) is 4.91. The fourth-order valence-electron chi connectivity index (χ4n) is 2.69. The summed E-state index contributed by atoms with van der Waals surface area (Å²) >= 11 is 0. The molecule has 132 valence electrons. The molecule has 0 fully saturated rings. The van der Waals surface area contributed by atoms with Crippen molar-refractivity contribution in [2.45, 2.75) is 12.5 Å². The zero-order valence-electron chi connectivity index (χ0n) is 14.3. The molecule has 0 aliphatic heterocycles. The number of nitrogens with zero attached hydrogens (tertiary/aromatic N) is 1. The quantitative estimate of drug-likeness (QED) is 0.639. The van der Waals surface area contributed by atoms with E-state index in [0.29, 0.717) is 12.1 Å². The number of aliphatic hydroxyl groups excluding tert-OH is 1. The van der Waals surface area contributed by atoms with Crippen molar-refractivity contribution in [3.8, 4) is 11.3 Å². The van der Waals surface area contributed by atoms with Gasteiger partial charge in [0.15, 0.2) is 0 Å². The Morgan fingerprint density at radius 1 is 1.00 bits per heavy atom. The van der Waals surface area contributed by atoms with E-state index in [1.54, 1.807) is 12.3 Å². The van der Waals surface area contributed by atoms with E-state index in [9.17, 15) is 9.90 Å². The summed E-state index contributed by atoms with van der Waals surface area (Å²) < 4.78 is 0. The molecule has 1 atom stereocenters. The van der Waals surface area contributed by atoms with Crippen LogP contribution in [0.2, 0.25) is 0 Å². The number of benzene rings is 2. The summed E-state index contributed by atoms with van der Waals surface area (Å²) in [5.41, 5.74) is 3.47. The van der Waals surface area contributed by atoms with E-state index in [4.69, 9.17) is 0 Å². The summed E-state index contributed by atoms with van der Waals surface area (Å²) in [5, 5.41) is 15.1. The van der Waals surface area contributed by atoms with Crippen molar-refractivity contribution in [2.24, 2.45) is 0 Å². The van der Waals surface area contributed by atoms with Crippen molar-refractivity contribution in [3.63, 3.8) is 0 Å². The highest BCUT2D eigenvalue weighted by atomic mass is 16.3. The topological polar surface area (TPSA) is 74.2 Å². The van der Waals surface area contributed by atoms with Crippen LogP contribution in [0.3, 0.4) is 0 Å². The predicted molar refractivity (Wildman–Crippen MR) is 103 cm³/mol. The molecule has 0 saturated carbocycles. The number of hydrogen-bond donors (Lipinski definition) is 3. The third-order valence-electron chi connectivity index (χ3n) is 3.97. The van der Waals surface area contributed by atoms with Gasteiger partial charge in [0, 0.05) is 17.4 Å². The van der Waals surface area contributed by atoms with Crippen LogP contribution in [0.1, 0.15) is 5.56 Å². The van der Waals surface area contributed by atoms with Gasteiger partial charge in [0.2, 0.25) is 0 Å². The van der Waals surface area contributed by atoms with Gasteiger partial charge in [-0.2, -0.15) is 0 Å². The van der Waals surface area contributed by atoms with Crippen LogP contribution in [0.4, 0.5) is 10.5 Å². The van der Waals surface area contributed by atoms with Gasteiger partial charge >= 0.3 is 6.03 Å². The van der Waals surface area contributed by atoms with Gasteiger partial charge in [-0.05, 0) is 24.1 Å². The number of pyridine rings is 1. The number of anilines is 1. The fraction of sp³-hybridized carbons (Fsp3) is 0.143. The normalized spacial score (nSPS) is 11.6. The number of carbonyl (C=O) groups excluding carboxylic acids is 1. The Morgan fingerprint density at radius 2 is 1.69 bits per heavy atom. The van der Waals surface area contributed by atoms with Gasteiger partial charge < -0.3 is 15.7 Å². The molecule has 2 aromatic carbocycles. The molecular weight excluding hydrogens is 326 g/mol. The van der Waals surface area contributed by atoms with Crippen molar-refractivity contribution in [3.05, 3.63) is 84.6 Å². The van der Waals surface area contributed by atoms with Crippen molar-refractivity contribution in [1.29, 1.82) is 0 Å². The number of amides is 2. The first-order valence-corrected chi connectivity index (χ1v) is 8.48. The summed E-state index contributed by atoms with van der Waals surface area (Å²) in [6, 6.07) is 22.4. The van der Waals surface area contributed by atoms with E-state index in [1.807, 2.05) is 66.7 Å². The van der Waals surface area contributed by atoms with Crippen LogP contribution in [-0.4, -0.2) is 28.8 Å². The van der Waals surface area contributed by atoms with Crippen LogP contribution in [0.25, 0.3) is 11.3 Å². The summed E-state index contributed by atoms with van der Waals surface area (Å²) in [7, 11) is 0. The summed E-state index contributed by atoms with van der Waals surface area (Å²) in [6.07, 6.45) is 2.22. The second kappa shape index (κ2) is 8.78. The fourth-order valence-corrected chi connectivity index (χ4v) is 2.69. The van der Waals surface area contributed by atoms with Gasteiger partial charge in [-0.25, -0.2) is 4.79 Å². The standard InChI is InChI=1S/C21H21N3O2/c25-15-19(13-16-7-3-1-4-8-16)24-21(26)23-18-11-12-22-20(14-18)17-9-5-2-6-10-17/h1-12,14,19,25H,13,15H2,(H2,22,23,24,26)/t19-/m0/s1. The Labute approximate surface area is 152 Å². The molecule has 0 saturated heterocycles. The van der Waals surface area contributed by atoms with Crippen molar-refractivity contribution in [2.75, 3.05) is 11.9 Å². The SMILES string of the molecule is O=C(Nc1ccnc(-c2ccccc2)c1)N[C@H](CO)Cc1ccccc1. The molecule has 0 unspecified atom stereocenters. The van der Waals surface area contributed by atoms with Crippen LogP contribution >= 0.6 is 0 Å². The minimum absolute atomic E-state index is 0.131. The molecule has 3 N–H and O–H groups in total. The van der Waals surface area contributed by atoms with Gasteiger partial charge in [-0.3, -0.25) is 4.98 Å². The Hall–Kier alpha value is -3.18. The molecule has 0 bridgehead atoms. The summed E-state index contributed by atoms with van der Waals surface area (Å²) in [4.78, 5) is 16.6. The minimum atomic E-state index is -0.356. The maximum absolute atomic E-state index is 12.3. The highest BCUT2D eigenvalue weighted by Crippen LogP contribution is 2.19. The molecular formula is C21H21N3O2. The Bertz CT molecular complexity index is 838. The van der Waals surface area contributed by atoms with Crippen molar-refractivity contribution in [1.82, 2.24) is 10.3 Å². The molecule has 2 amide bonds. The van der Waals surface area contributed by atoms with Gasteiger partial charge in [0.1, 0.15) is 0 Å². The average Bonchev–Trinajstić information content (AvgIpc) is 2.69. The van der Waals surface area contributed by atoms with Crippen LogP contribution in [0.5, 0.6) is 0 Å². The molecule has 5 heteroatoms. The second-order valence-electron chi connectivity index (χ2n) is 5.96. The Kier molecular flexibility index (Phi) is 5.96. The number of aliphatic hydroxyl groups is 1. The largest absolute Gasteiger partial charge is 0.394 e. The summed E-state index contributed by atoms with van der Waals surface area (Å²) in [6.45, 7) is -0.131. The minimum Gasteiger partial charge on any atom is -0.394 e. The number of urea groups is 1. The smallest absolute Gasteiger partial charge is 0.319 e.